The highest BCUT2D eigenvalue weighted by atomic mass is 19.1. The Kier molecular flexibility index (Phi) is 23.5. The number of esters is 1. The zero-order valence-corrected chi connectivity index (χ0v) is 37.5. The lowest BCUT2D eigenvalue weighted by Crippen LogP contribution is -2.60. The molecule has 0 aliphatic carbocycles. The molecule has 3 rings (SSSR count). The van der Waals surface area contributed by atoms with Gasteiger partial charge in [-0.3, -0.25) is 9.59 Å². The van der Waals surface area contributed by atoms with Crippen molar-refractivity contribution in [3.63, 3.8) is 0 Å². The molecular formula is C47H72FNO16. The number of aliphatic hydroxyl groups excluding tert-OH is 8. The Labute approximate surface area is 380 Å². The van der Waals surface area contributed by atoms with Gasteiger partial charge in [0.1, 0.15) is 12.0 Å². The third kappa shape index (κ3) is 18.6. The lowest BCUT2D eigenvalue weighted by atomic mass is 9.82. The first-order valence-corrected chi connectivity index (χ1v) is 22.3. The molecule has 18 heteroatoms. The largest absolute Gasteiger partial charge is 0.481 e. The number of aliphatic hydroxyl groups is 9. The van der Waals surface area contributed by atoms with Crippen LogP contribution in [0.2, 0.25) is 0 Å². The topological polar surface area (TPSA) is 299 Å². The van der Waals surface area contributed by atoms with Crippen molar-refractivity contribution in [2.24, 2.45) is 23.5 Å². The third-order valence-electron chi connectivity index (χ3n) is 12.0. The van der Waals surface area contributed by atoms with Gasteiger partial charge in [-0.15, -0.1) is 0 Å². The van der Waals surface area contributed by atoms with Crippen LogP contribution in [0.1, 0.15) is 79.1 Å². The summed E-state index contributed by atoms with van der Waals surface area (Å²) in [4.78, 5) is 25.1. The highest BCUT2D eigenvalue weighted by Crippen LogP contribution is 2.38. The molecule has 0 amide bonds. The molecule has 0 radical (unpaired) electrons. The molecule has 2 bridgehead atoms. The third-order valence-corrected chi connectivity index (χ3v) is 12.0. The highest BCUT2D eigenvalue weighted by Gasteiger charge is 2.51. The van der Waals surface area contributed by atoms with E-state index in [0.717, 1.165) is 0 Å². The number of aliphatic carboxylic acids is 1. The number of ether oxygens (including phenoxy) is 4. The molecule has 368 valence electrons. The average molecular weight is 926 g/mol. The second-order valence-electron chi connectivity index (χ2n) is 17.5. The summed E-state index contributed by atoms with van der Waals surface area (Å²) in [6.07, 6.45) is 1.93. The van der Waals surface area contributed by atoms with Crippen molar-refractivity contribution in [2.45, 2.75) is 177 Å². The molecule has 0 aromatic heterocycles. The van der Waals surface area contributed by atoms with E-state index in [1.54, 1.807) is 80.7 Å². The smallest absolute Gasteiger partial charge is 0.311 e. The van der Waals surface area contributed by atoms with E-state index in [4.69, 9.17) is 24.7 Å². The van der Waals surface area contributed by atoms with Gasteiger partial charge in [0, 0.05) is 37.5 Å². The number of carbonyl (C=O) groups excluding carboxylic acids is 1. The van der Waals surface area contributed by atoms with Crippen LogP contribution >= 0.6 is 0 Å². The van der Waals surface area contributed by atoms with Gasteiger partial charge >= 0.3 is 11.9 Å². The Morgan fingerprint density at radius 3 is 1.86 bits per heavy atom. The van der Waals surface area contributed by atoms with Crippen molar-refractivity contribution in [1.29, 1.82) is 0 Å². The number of nitrogens with two attached hydrogens (primary N) is 1. The van der Waals surface area contributed by atoms with E-state index in [9.17, 15) is 60.7 Å². The van der Waals surface area contributed by atoms with E-state index < -0.39 is 147 Å². The fraction of sp³-hybridized carbons (Fsp3) is 0.660. The van der Waals surface area contributed by atoms with Gasteiger partial charge in [-0.05, 0) is 33.1 Å². The van der Waals surface area contributed by atoms with Gasteiger partial charge in [0.25, 0.3) is 0 Å². The van der Waals surface area contributed by atoms with Crippen molar-refractivity contribution >= 4 is 11.9 Å². The van der Waals surface area contributed by atoms with Crippen LogP contribution in [0.25, 0.3) is 0 Å². The molecule has 2 fully saturated rings. The van der Waals surface area contributed by atoms with Gasteiger partial charge < -0.3 is 75.7 Å². The van der Waals surface area contributed by atoms with E-state index in [0.29, 0.717) is 0 Å². The zero-order chi connectivity index (χ0) is 48.4. The molecular weight excluding hydrogens is 854 g/mol. The number of cyclic esters (lactones) is 1. The van der Waals surface area contributed by atoms with Crippen LogP contribution in [-0.4, -0.2) is 161 Å². The zero-order valence-electron chi connectivity index (χ0n) is 37.5. The molecule has 12 N–H and O–H groups in total. The number of halogens is 1. The molecule has 1 unspecified atom stereocenters. The molecule has 0 aromatic carbocycles. The maximum Gasteiger partial charge on any atom is 0.311 e. The minimum absolute atomic E-state index is 0.115. The van der Waals surface area contributed by atoms with Crippen molar-refractivity contribution in [3.8, 4) is 0 Å². The van der Waals surface area contributed by atoms with Gasteiger partial charge in [-0.2, -0.15) is 0 Å². The van der Waals surface area contributed by atoms with Crippen LogP contribution in [0, 0.1) is 17.8 Å². The number of rotatable bonds is 3. The average Bonchev–Trinajstić information content (AvgIpc) is 3.21. The van der Waals surface area contributed by atoms with Crippen molar-refractivity contribution in [2.75, 3.05) is 0 Å². The first kappa shape index (κ1) is 55.9. The second kappa shape index (κ2) is 27.4. The summed E-state index contributed by atoms with van der Waals surface area (Å²) in [5.41, 5.74) is 5.89. The molecule has 3 heterocycles. The summed E-state index contributed by atoms with van der Waals surface area (Å²) in [7, 11) is 0. The number of carboxylic acids is 1. The van der Waals surface area contributed by atoms with Crippen LogP contribution in [0.4, 0.5) is 4.39 Å². The Morgan fingerprint density at radius 2 is 1.28 bits per heavy atom. The van der Waals surface area contributed by atoms with Crippen LogP contribution in [0.15, 0.2) is 85.1 Å². The summed E-state index contributed by atoms with van der Waals surface area (Å²) in [6, 6.07) is -1.37. The number of carbonyl (C=O) groups is 2. The molecule has 19 atom stereocenters. The van der Waals surface area contributed by atoms with Gasteiger partial charge in [-0.1, -0.05) is 98.9 Å². The predicted molar refractivity (Wildman–Crippen MR) is 236 cm³/mol. The molecule has 65 heavy (non-hydrogen) atoms. The van der Waals surface area contributed by atoms with E-state index in [1.165, 1.54) is 19.1 Å². The van der Waals surface area contributed by atoms with Crippen molar-refractivity contribution in [1.82, 2.24) is 0 Å². The Bertz CT molecular complexity index is 1670. The number of hydrogen-bond acceptors (Lipinski definition) is 16. The molecule has 0 saturated carbocycles. The Hall–Kier alpha value is -3.47. The van der Waals surface area contributed by atoms with Gasteiger partial charge in [0.2, 0.25) is 0 Å². The summed E-state index contributed by atoms with van der Waals surface area (Å²) < 4.78 is 38.2. The summed E-state index contributed by atoms with van der Waals surface area (Å²) >= 11 is 0. The number of allylic oxidation sites excluding steroid dienone is 12. The van der Waals surface area contributed by atoms with Crippen LogP contribution in [0.5, 0.6) is 0 Å². The van der Waals surface area contributed by atoms with E-state index >= 15 is 4.39 Å². The van der Waals surface area contributed by atoms with E-state index in [1.807, 2.05) is 13.0 Å². The molecule has 3 aliphatic rings. The lowest BCUT2D eigenvalue weighted by Gasteiger charge is -2.45. The number of alkyl halides is 1. The molecule has 2 saturated heterocycles. The summed E-state index contributed by atoms with van der Waals surface area (Å²) in [5, 5.41) is 107. The number of fused-ring (bicyclic) bond motifs is 2. The first-order chi connectivity index (χ1) is 30.6. The van der Waals surface area contributed by atoms with Crippen molar-refractivity contribution < 1.29 is 84.0 Å². The van der Waals surface area contributed by atoms with Crippen molar-refractivity contribution in [3.05, 3.63) is 85.1 Å². The quantitative estimate of drug-likeness (QED) is 0.180. The maximum absolute atomic E-state index is 15.3. The standard InChI is InChI=1S/C47H72FNO16/c1-27-17-15-13-11-9-7-5-6-8-10-12-14-16-18-34(64-46-41(48)42(49)44(58)30(4)63-46)24-38-40(45(59)60)37(55)26-47(61,65-38)25-33(52)22-36(54)35(53)20-19-31(50)21-32(51)23-39(56)62-29(3)28(2)43(27)57/h5-18,27-38,40-44,46,50-55,57-58,61H,19-26,49H2,1-4H3,(H,59,60)/b6-5+,9-7+,10-8+,13-11+,14-12+,17-15+,18-16+/t27-,28-,29-,30+,31+,32+,33-,34-,35+,36+,37-,38-,40+,41+,42+,43+,44+,46?,47+/m0/s1. The predicted octanol–water partition coefficient (Wildman–Crippen LogP) is 1.69. The van der Waals surface area contributed by atoms with Crippen LogP contribution in [-0.2, 0) is 28.5 Å². The number of hydrogen-bond donors (Lipinski definition) is 11. The molecule has 0 spiro atoms. The minimum atomic E-state index is -2.35. The Balaban J connectivity index is 1.86. The fourth-order valence-corrected chi connectivity index (χ4v) is 7.94. The normalized spacial score (nSPS) is 45.5. The molecule has 0 aromatic rings. The summed E-state index contributed by atoms with van der Waals surface area (Å²) in [5.74, 6) is -6.92. The number of carboxylic acid groups (broad SMARTS) is 1. The van der Waals surface area contributed by atoms with Gasteiger partial charge in [0.05, 0.1) is 79.6 Å². The molecule has 3 aliphatic heterocycles. The summed E-state index contributed by atoms with van der Waals surface area (Å²) in [6.45, 7) is 6.67. The monoisotopic (exact) mass is 925 g/mol. The second-order valence-corrected chi connectivity index (χ2v) is 17.5. The van der Waals surface area contributed by atoms with E-state index in [2.05, 4.69) is 0 Å². The fourth-order valence-electron chi connectivity index (χ4n) is 7.94. The van der Waals surface area contributed by atoms with Crippen LogP contribution in [0.3, 0.4) is 0 Å². The maximum atomic E-state index is 15.3. The van der Waals surface area contributed by atoms with E-state index in [-0.39, 0.29) is 31.6 Å². The lowest BCUT2D eigenvalue weighted by molar-refractivity contribution is -0.306. The van der Waals surface area contributed by atoms with Crippen LogP contribution < -0.4 is 5.73 Å². The minimum Gasteiger partial charge on any atom is -0.481 e. The van der Waals surface area contributed by atoms with Gasteiger partial charge in [0.15, 0.2) is 18.2 Å². The highest BCUT2D eigenvalue weighted by molar-refractivity contribution is 5.71. The SMILES string of the molecule is C[C@@H]1[C@H](O)[C@@H](C)/C=C/C=C/C=C/C=C/C=C/C=C/C=C/[C@H](OC2O[C@H](C)[C@@H](O)[C@H](N)[C@H]2F)C[C@@H]2O[C@](O)(C[C@@H](O)C[C@@H](O)[C@H](O)CC[C@@H](O)C[C@@H](O)CC(=O)O[C@H]1C)C[C@H](O)[C@H]2C(=O)O. The molecule has 17 nitrogen and oxygen atoms in total. The van der Waals surface area contributed by atoms with Gasteiger partial charge in [-0.25, -0.2) is 4.39 Å². The Morgan fingerprint density at radius 1 is 0.708 bits per heavy atom. The first-order valence-electron chi connectivity index (χ1n) is 22.3.